The number of nitrogens with zero attached hydrogens (tertiary/aromatic N) is 2. The van der Waals surface area contributed by atoms with E-state index in [0.29, 0.717) is 5.39 Å². The molecule has 0 saturated carbocycles. The third-order valence-electron chi connectivity index (χ3n) is 5.68. The van der Waals surface area contributed by atoms with Crippen LogP contribution in [0, 0.1) is 11.3 Å². The van der Waals surface area contributed by atoms with Crippen molar-refractivity contribution in [1.29, 1.82) is 5.26 Å². The van der Waals surface area contributed by atoms with Crippen LogP contribution in [0.4, 0.5) is 18.9 Å². The number of Topliss-reactive ketones (excluding diaryl/α,β-unsaturated/α-hetero) is 1. The number of alkyl halides is 3. The number of rotatable bonds is 7. The van der Waals surface area contributed by atoms with E-state index in [4.69, 9.17) is 5.11 Å². The van der Waals surface area contributed by atoms with Gasteiger partial charge in [0.1, 0.15) is 11.6 Å². The highest BCUT2D eigenvalue weighted by Crippen LogP contribution is 2.39. The van der Waals surface area contributed by atoms with Gasteiger partial charge in [-0.3, -0.25) is 4.79 Å². The number of carbonyl (C=O) groups is 1. The Bertz CT molecular complexity index is 1050. The van der Waals surface area contributed by atoms with E-state index in [0.717, 1.165) is 43.4 Å². The van der Waals surface area contributed by atoms with Crippen LogP contribution in [0.1, 0.15) is 37.7 Å². The second-order valence-corrected chi connectivity index (χ2v) is 7.92. The van der Waals surface area contributed by atoms with Gasteiger partial charge in [0.25, 0.3) is 0 Å². The quantitative estimate of drug-likeness (QED) is 0.487. The van der Waals surface area contributed by atoms with Crippen LogP contribution in [0.15, 0.2) is 42.0 Å². The zero-order valence-electron chi connectivity index (χ0n) is 17.5. The van der Waals surface area contributed by atoms with Crippen molar-refractivity contribution in [3.8, 4) is 6.07 Å². The molecular formula is C24H25F3N2O3. The minimum atomic E-state index is -4.93. The summed E-state index contributed by atoms with van der Waals surface area (Å²) in [6.07, 6.45) is -3.73. The summed E-state index contributed by atoms with van der Waals surface area (Å²) in [4.78, 5) is 14.6. The van der Waals surface area contributed by atoms with Gasteiger partial charge in [-0.25, -0.2) is 0 Å². The van der Waals surface area contributed by atoms with Crippen molar-refractivity contribution in [3.63, 3.8) is 0 Å². The second kappa shape index (κ2) is 10.2. The first-order valence-corrected chi connectivity index (χ1v) is 10.6. The molecule has 8 heteroatoms. The molecule has 3 rings (SSSR count). The number of aliphatic hydroxyl groups excluding tert-OH is 2. The number of halogens is 3. The van der Waals surface area contributed by atoms with E-state index in [2.05, 4.69) is 4.90 Å². The highest BCUT2D eigenvalue weighted by Gasteiger charge is 2.39. The van der Waals surface area contributed by atoms with Crippen LogP contribution in [0.2, 0.25) is 0 Å². The largest absolute Gasteiger partial charge is 0.418 e. The normalized spacial score (nSPS) is 16.4. The van der Waals surface area contributed by atoms with E-state index in [1.807, 2.05) is 18.2 Å². The predicted octanol–water partition coefficient (Wildman–Crippen LogP) is 4.37. The molecule has 0 amide bonds. The van der Waals surface area contributed by atoms with Crippen LogP contribution in [0.25, 0.3) is 16.3 Å². The highest BCUT2D eigenvalue weighted by molar-refractivity contribution is 6.08. The molecule has 170 valence electrons. The molecular weight excluding hydrogens is 421 g/mol. The van der Waals surface area contributed by atoms with Gasteiger partial charge in [0.15, 0.2) is 5.78 Å². The predicted molar refractivity (Wildman–Crippen MR) is 116 cm³/mol. The van der Waals surface area contributed by atoms with Gasteiger partial charge >= 0.3 is 6.18 Å². The molecule has 2 aromatic rings. The number of anilines is 1. The molecule has 0 radical (unpaired) electrons. The average molecular weight is 446 g/mol. The Morgan fingerprint density at radius 3 is 2.50 bits per heavy atom. The third-order valence-corrected chi connectivity index (χ3v) is 5.68. The fourth-order valence-corrected chi connectivity index (χ4v) is 4.04. The SMILES string of the molecule is N#C/C(C(=O)CCC(O)CO)=C(\c1ccc2cccc(N3CCCCC3)c2c1)C(F)(F)F. The highest BCUT2D eigenvalue weighted by atomic mass is 19.4. The van der Waals surface area contributed by atoms with Crippen molar-refractivity contribution < 1.29 is 28.2 Å². The van der Waals surface area contributed by atoms with Crippen LogP contribution < -0.4 is 4.90 Å². The second-order valence-electron chi connectivity index (χ2n) is 7.92. The Kier molecular flexibility index (Phi) is 7.54. The number of nitriles is 1. The maximum Gasteiger partial charge on any atom is 0.418 e. The molecule has 1 heterocycles. The number of ketones is 1. The lowest BCUT2D eigenvalue weighted by atomic mass is 9.93. The number of hydrogen-bond acceptors (Lipinski definition) is 5. The number of piperidine rings is 1. The number of allylic oxidation sites excluding steroid dienone is 2. The lowest BCUT2D eigenvalue weighted by Crippen LogP contribution is -2.29. The van der Waals surface area contributed by atoms with Crippen LogP contribution in [0.5, 0.6) is 0 Å². The van der Waals surface area contributed by atoms with Crippen LogP contribution in [-0.4, -0.2) is 48.0 Å². The first-order valence-electron chi connectivity index (χ1n) is 10.6. The van der Waals surface area contributed by atoms with Crippen LogP contribution >= 0.6 is 0 Å². The van der Waals surface area contributed by atoms with Crippen LogP contribution in [-0.2, 0) is 4.79 Å². The summed E-state index contributed by atoms with van der Waals surface area (Å²) in [5.41, 5.74) is -1.68. The summed E-state index contributed by atoms with van der Waals surface area (Å²) in [5.74, 6) is -1.02. The number of hydrogen-bond donors (Lipinski definition) is 2. The maximum absolute atomic E-state index is 14.1. The number of benzene rings is 2. The summed E-state index contributed by atoms with van der Waals surface area (Å²) in [5, 5.41) is 29.1. The Labute approximate surface area is 184 Å². The fraction of sp³-hybridized carbons (Fsp3) is 0.417. The summed E-state index contributed by atoms with van der Waals surface area (Å²) >= 11 is 0. The smallest absolute Gasteiger partial charge is 0.394 e. The minimum absolute atomic E-state index is 0.234. The molecule has 2 N–H and O–H groups in total. The molecule has 0 aromatic heterocycles. The van der Waals surface area contributed by atoms with Gasteiger partial charge in [0, 0.05) is 30.6 Å². The first-order chi connectivity index (χ1) is 15.3. The zero-order valence-corrected chi connectivity index (χ0v) is 17.5. The lowest BCUT2D eigenvalue weighted by Gasteiger charge is -2.30. The average Bonchev–Trinajstić information content (AvgIpc) is 2.79. The molecule has 32 heavy (non-hydrogen) atoms. The van der Waals surface area contributed by atoms with E-state index in [1.54, 1.807) is 6.07 Å². The Morgan fingerprint density at radius 2 is 1.88 bits per heavy atom. The molecule has 0 bridgehead atoms. The van der Waals surface area contributed by atoms with Crippen LogP contribution in [0.3, 0.4) is 0 Å². The van der Waals surface area contributed by atoms with Crippen molar-refractivity contribution in [2.75, 3.05) is 24.6 Å². The maximum atomic E-state index is 14.1. The molecule has 0 spiro atoms. The van der Waals surface area contributed by atoms with E-state index in [9.17, 15) is 28.3 Å². The Balaban J connectivity index is 2.11. The van der Waals surface area contributed by atoms with Crippen molar-refractivity contribution in [3.05, 3.63) is 47.5 Å². The summed E-state index contributed by atoms with van der Waals surface area (Å²) in [6, 6.07) is 11.2. The standard InChI is InChI=1S/C24H25F3N2O3/c25-24(26,27)23(20(14-28)22(32)10-9-18(31)15-30)17-8-7-16-5-4-6-21(19(16)13-17)29-11-2-1-3-12-29/h4-8,13,18,30-31H,1-3,9-12,15H2/b23-20-. The number of fused-ring (bicyclic) bond motifs is 1. The molecule has 1 fully saturated rings. The minimum Gasteiger partial charge on any atom is -0.394 e. The summed E-state index contributed by atoms with van der Waals surface area (Å²) in [7, 11) is 0. The van der Waals surface area contributed by atoms with E-state index < -0.39 is 42.2 Å². The molecule has 1 atom stereocenters. The topological polar surface area (TPSA) is 84.6 Å². The zero-order chi connectivity index (χ0) is 23.3. The van der Waals surface area contributed by atoms with Gasteiger partial charge in [-0.2, -0.15) is 18.4 Å². The third kappa shape index (κ3) is 5.29. The van der Waals surface area contributed by atoms with Gasteiger partial charge in [0.05, 0.1) is 18.3 Å². The van der Waals surface area contributed by atoms with E-state index >= 15 is 0 Å². The van der Waals surface area contributed by atoms with Gasteiger partial charge in [-0.15, -0.1) is 0 Å². The molecule has 2 aromatic carbocycles. The van der Waals surface area contributed by atoms with Crippen molar-refractivity contribution in [2.45, 2.75) is 44.4 Å². The number of aliphatic hydroxyl groups is 2. The van der Waals surface area contributed by atoms with Gasteiger partial charge in [0.2, 0.25) is 0 Å². The summed E-state index contributed by atoms with van der Waals surface area (Å²) in [6.45, 7) is 1.02. The molecule has 1 unspecified atom stereocenters. The van der Waals surface area contributed by atoms with Crippen molar-refractivity contribution in [1.82, 2.24) is 0 Å². The first kappa shape index (κ1) is 23.8. The number of carbonyl (C=O) groups excluding carboxylic acids is 1. The van der Waals surface area contributed by atoms with Gasteiger partial charge in [-0.05, 0) is 48.8 Å². The van der Waals surface area contributed by atoms with Crippen molar-refractivity contribution in [2.24, 2.45) is 0 Å². The van der Waals surface area contributed by atoms with E-state index in [1.165, 1.54) is 18.2 Å². The van der Waals surface area contributed by atoms with E-state index in [-0.39, 0.29) is 12.0 Å². The lowest BCUT2D eigenvalue weighted by molar-refractivity contribution is -0.116. The molecule has 1 saturated heterocycles. The fourth-order valence-electron chi connectivity index (χ4n) is 4.04. The molecule has 1 aliphatic heterocycles. The Hall–Kier alpha value is -2.89. The summed E-state index contributed by atoms with van der Waals surface area (Å²) < 4.78 is 42.2. The molecule has 5 nitrogen and oxygen atoms in total. The monoisotopic (exact) mass is 446 g/mol. The molecule has 1 aliphatic rings. The molecule has 0 aliphatic carbocycles. The van der Waals surface area contributed by atoms with Gasteiger partial charge < -0.3 is 15.1 Å². The van der Waals surface area contributed by atoms with Crippen molar-refractivity contribution >= 4 is 27.8 Å². The Morgan fingerprint density at radius 1 is 1.16 bits per heavy atom. The van der Waals surface area contributed by atoms with Gasteiger partial charge in [-0.1, -0.05) is 24.3 Å².